The highest BCUT2D eigenvalue weighted by Gasteiger charge is 2.32. The highest BCUT2D eigenvalue weighted by atomic mass is 16.5. The molecule has 3 atom stereocenters. The lowest BCUT2D eigenvalue weighted by atomic mass is 9.88. The fraction of sp³-hybridized carbons (Fsp3) is 1.00. The van der Waals surface area contributed by atoms with Crippen LogP contribution < -0.4 is 5.32 Å². The molecule has 0 aliphatic carbocycles. The lowest BCUT2D eigenvalue weighted by molar-refractivity contribution is 0.0763. The first-order valence-electron chi connectivity index (χ1n) is 8.68. The van der Waals surface area contributed by atoms with Crippen LogP contribution in [0.1, 0.15) is 78.6 Å². The monoisotopic (exact) mass is 269 g/mol. The Morgan fingerprint density at radius 2 is 1.79 bits per heavy atom. The molecule has 19 heavy (non-hydrogen) atoms. The van der Waals surface area contributed by atoms with E-state index in [-0.39, 0.29) is 0 Å². The van der Waals surface area contributed by atoms with E-state index in [1.165, 1.54) is 57.8 Å². The Balaban J connectivity index is 2.24. The lowest BCUT2D eigenvalue weighted by Gasteiger charge is -2.28. The van der Waals surface area contributed by atoms with Gasteiger partial charge in [0.25, 0.3) is 0 Å². The Labute approximate surface area is 120 Å². The van der Waals surface area contributed by atoms with Crippen molar-refractivity contribution in [1.82, 2.24) is 5.32 Å². The Bertz CT molecular complexity index is 207. The molecule has 1 saturated heterocycles. The number of hydrogen-bond donors (Lipinski definition) is 1. The van der Waals surface area contributed by atoms with Gasteiger partial charge in [0.05, 0.1) is 6.10 Å². The zero-order chi connectivity index (χ0) is 13.9. The van der Waals surface area contributed by atoms with Crippen LogP contribution in [0.15, 0.2) is 0 Å². The normalized spacial score (nSPS) is 24.8. The van der Waals surface area contributed by atoms with E-state index in [4.69, 9.17) is 4.74 Å². The van der Waals surface area contributed by atoms with Gasteiger partial charge in [-0.25, -0.2) is 0 Å². The van der Waals surface area contributed by atoms with Gasteiger partial charge in [-0.3, -0.25) is 0 Å². The van der Waals surface area contributed by atoms with Crippen LogP contribution >= 0.6 is 0 Å². The van der Waals surface area contributed by atoms with Gasteiger partial charge >= 0.3 is 0 Å². The molecule has 0 aromatic carbocycles. The summed E-state index contributed by atoms with van der Waals surface area (Å²) in [5.41, 5.74) is 0. The summed E-state index contributed by atoms with van der Waals surface area (Å²) in [5, 5.41) is 3.71. The average Bonchev–Trinajstić information content (AvgIpc) is 2.89. The molecule has 0 radical (unpaired) electrons. The number of unbranched alkanes of at least 4 members (excludes halogenated alkanes) is 5. The fourth-order valence-electron chi connectivity index (χ4n) is 3.42. The van der Waals surface area contributed by atoms with Gasteiger partial charge in [0.1, 0.15) is 0 Å². The third-order valence-corrected chi connectivity index (χ3v) is 4.51. The first-order chi connectivity index (χ1) is 9.33. The Hall–Kier alpha value is -0.0800. The van der Waals surface area contributed by atoms with Gasteiger partial charge in [-0.1, -0.05) is 59.3 Å². The molecule has 1 aliphatic heterocycles. The summed E-state index contributed by atoms with van der Waals surface area (Å²) < 4.78 is 5.86. The first kappa shape index (κ1) is 17.0. The van der Waals surface area contributed by atoms with Crippen molar-refractivity contribution in [3.8, 4) is 0 Å². The second-order valence-electron chi connectivity index (χ2n) is 5.99. The molecule has 1 N–H and O–H groups in total. The van der Waals surface area contributed by atoms with E-state index >= 15 is 0 Å². The summed E-state index contributed by atoms with van der Waals surface area (Å²) in [5.74, 6) is 0.751. The molecular formula is C17H35NO. The van der Waals surface area contributed by atoms with Crippen LogP contribution in [-0.2, 0) is 4.74 Å². The van der Waals surface area contributed by atoms with Gasteiger partial charge in [-0.2, -0.15) is 0 Å². The third-order valence-electron chi connectivity index (χ3n) is 4.51. The summed E-state index contributed by atoms with van der Waals surface area (Å²) >= 11 is 0. The maximum Gasteiger partial charge on any atom is 0.0616 e. The molecule has 0 aromatic rings. The summed E-state index contributed by atoms with van der Waals surface area (Å²) in [6.07, 6.45) is 12.7. The molecule has 0 amide bonds. The number of hydrogen-bond acceptors (Lipinski definition) is 2. The first-order valence-corrected chi connectivity index (χ1v) is 8.68. The molecule has 0 bridgehead atoms. The number of nitrogens with one attached hydrogen (secondary N) is 1. The average molecular weight is 269 g/mol. The van der Waals surface area contributed by atoms with Crippen molar-refractivity contribution in [2.45, 2.75) is 90.7 Å². The topological polar surface area (TPSA) is 21.3 Å². The Kier molecular flexibility index (Phi) is 9.54. The molecule has 1 heterocycles. The van der Waals surface area contributed by atoms with E-state index < -0.39 is 0 Å². The minimum absolute atomic E-state index is 0.504. The van der Waals surface area contributed by atoms with E-state index in [1.54, 1.807) is 0 Å². The molecule has 0 aromatic heterocycles. The van der Waals surface area contributed by atoms with Crippen molar-refractivity contribution in [2.75, 3.05) is 13.2 Å². The van der Waals surface area contributed by atoms with Gasteiger partial charge < -0.3 is 10.1 Å². The summed E-state index contributed by atoms with van der Waals surface area (Å²) in [4.78, 5) is 0. The standard InChI is InChI=1S/C17H35NO/c1-4-7-8-9-10-11-12-16(18-6-3)15-13-14-19-17(15)5-2/h15-18H,4-14H2,1-3H3. The van der Waals surface area contributed by atoms with Crippen LogP contribution in [0.5, 0.6) is 0 Å². The van der Waals surface area contributed by atoms with Gasteiger partial charge in [-0.15, -0.1) is 0 Å². The van der Waals surface area contributed by atoms with E-state index in [0.29, 0.717) is 12.1 Å². The number of ether oxygens (including phenoxy) is 1. The van der Waals surface area contributed by atoms with Gasteiger partial charge in [-0.05, 0) is 25.8 Å². The zero-order valence-corrected chi connectivity index (χ0v) is 13.4. The maximum absolute atomic E-state index is 5.86. The minimum Gasteiger partial charge on any atom is -0.378 e. The largest absolute Gasteiger partial charge is 0.378 e. The van der Waals surface area contributed by atoms with Crippen molar-refractivity contribution in [3.05, 3.63) is 0 Å². The quantitative estimate of drug-likeness (QED) is 0.556. The smallest absolute Gasteiger partial charge is 0.0616 e. The van der Waals surface area contributed by atoms with Gasteiger partial charge in [0.15, 0.2) is 0 Å². The van der Waals surface area contributed by atoms with Crippen LogP contribution in [0, 0.1) is 5.92 Å². The molecular weight excluding hydrogens is 234 g/mol. The highest BCUT2D eigenvalue weighted by Crippen LogP contribution is 2.29. The molecule has 1 rings (SSSR count). The lowest BCUT2D eigenvalue weighted by Crippen LogP contribution is -2.39. The molecule has 2 nitrogen and oxygen atoms in total. The molecule has 1 fully saturated rings. The fourth-order valence-corrected chi connectivity index (χ4v) is 3.42. The van der Waals surface area contributed by atoms with E-state index in [2.05, 4.69) is 26.1 Å². The molecule has 1 aliphatic rings. The minimum atomic E-state index is 0.504. The summed E-state index contributed by atoms with van der Waals surface area (Å²) in [6.45, 7) is 8.84. The predicted octanol–water partition coefficient (Wildman–Crippen LogP) is 4.53. The second-order valence-corrected chi connectivity index (χ2v) is 5.99. The van der Waals surface area contributed by atoms with Crippen LogP contribution in [0.4, 0.5) is 0 Å². The Morgan fingerprint density at radius 3 is 2.47 bits per heavy atom. The molecule has 114 valence electrons. The van der Waals surface area contributed by atoms with Crippen LogP contribution in [-0.4, -0.2) is 25.3 Å². The van der Waals surface area contributed by atoms with E-state index in [1.807, 2.05) is 0 Å². The summed E-state index contributed by atoms with van der Waals surface area (Å²) in [6, 6.07) is 0.684. The molecule has 2 heteroatoms. The Morgan fingerprint density at radius 1 is 1.05 bits per heavy atom. The molecule has 0 spiro atoms. The van der Waals surface area contributed by atoms with Crippen molar-refractivity contribution < 1.29 is 4.74 Å². The summed E-state index contributed by atoms with van der Waals surface area (Å²) in [7, 11) is 0. The predicted molar refractivity (Wildman–Crippen MR) is 83.6 cm³/mol. The molecule has 3 unspecified atom stereocenters. The van der Waals surface area contributed by atoms with Gasteiger partial charge in [0.2, 0.25) is 0 Å². The van der Waals surface area contributed by atoms with Gasteiger partial charge in [0, 0.05) is 18.6 Å². The van der Waals surface area contributed by atoms with Crippen molar-refractivity contribution in [3.63, 3.8) is 0 Å². The molecule has 0 saturated carbocycles. The maximum atomic E-state index is 5.86. The van der Waals surface area contributed by atoms with Crippen molar-refractivity contribution >= 4 is 0 Å². The van der Waals surface area contributed by atoms with Crippen molar-refractivity contribution in [2.24, 2.45) is 5.92 Å². The van der Waals surface area contributed by atoms with Crippen molar-refractivity contribution in [1.29, 1.82) is 0 Å². The number of rotatable bonds is 11. The zero-order valence-electron chi connectivity index (χ0n) is 13.4. The highest BCUT2D eigenvalue weighted by molar-refractivity contribution is 4.85. The SMILES string of the molecule is CCCCCCCCC(NCC)C1CCOC1CC. The van der Waals surface area contributed by atoms with Crippen LogP contribution in [0.25, 0.3) is 0 Å². The van der Waals surface area contributed by atoms with E-state index in [9.17, 15) is 0 Å². The third kappa shape index (κ3) is 6.27. The van der Waals surface area contributed by atoms with E-state index in [0.717, 1.165) is 19.1 Å². The van der Waals surface area contributed by atoms with Crippen LogP contribution in [0.2, 0.25) is 0 Å². The second kappa shape index (κ2) is 10.7. The van der Waals surface area contributed by atoms with Crippen LogP contribution in [0.3, 0.4) is 0 Å².